The van der Waals surface area contributed by atoms with Crippen molar-refractivity contribution in [1.82, 2.24) is 9.78 Å². The van der Waals surface area contributed by atoms with Gasteiger partial charge in [-0.1, -0.05) is 0 Å². The summed E-state index contributed by atoms with van der Waals surface area (Å²) in [6, 6.07) is 0. The molecule has 0 radical (unpaired) electrons. The Bertz CT molecular complexity index is 330. The van der Waals surface area contributed by atoms with E-state index in [2.05, 4.69) is 5.10 Å². The average molecular weight is 166 g/mol. The van der Waals surface area contributed by atoms with Crippen molar-refractivity contribution in [3.8, 4) is 0 Å². The Morgan fingerprint density at radius 3 is 3.08 bits per heavy atom. The maximum atomic E-state index is 10.6. The number of carboxylic acids is 1. The molecular weight excluding hydrogens is 156 g/mol. The largest absolute Gasteiger partial charge is 0.481 e. The van der Waals surface area contributed by atoms with Crippen molar-refractivity contribution >= 4 is 5.97 Å². The number of hydrogen-bond donors (Lipinski definition) is 1. The molecule has 0 spiro atoms. The third-order valence-corrected chi connectivity index (χ3v) is 2.40. The van der Waals surface area contributed by atoms with Gasteiger partial charge in [-0.2, -0.15) is 5.10 Å². The summed E-state index contributed by atoms with van der Waals surface area (Å²) in [5.41, 5.74) is 2.16. The van der Waals surface area contributed by atoms with E-state index < -0.39 is 5.97 Å². The van der Waals surface area contributed by atoms with Crippen molar-refractivity contribution < 1.29 is 9.90 Å². The van der Waals surface area contributed by atoms with Crippen LogP contribution in [0.15, 0.2) is 6.20 Å². The van der Waals surface area contributed by atoms with Gasteiger partial charge < -0.3 is 5.11 Å². The molecule has 4 nitrogen and oxygen atoms in total. The molecule has 4 heteroatoms. The number of aliphatic carboxylic acids is 1. The molecule has 2 rings (SSSR count). The summed E-state index contributed by atoms with van der Waals surface area (Å²) >= 11 is 0. The van der Waals surface area contributed by atoms with Gasteiger partial charge in [0, 0.05) is 19.2 Å². The third-order valence-electron chi connectivity index (χ3n) is 2.40. The monoisotopic (exact) mass is 166 g/mol. The summed E-state index contributed by atoms with van der Waals surface area (Å²) in [6.07, 6.45) is 3.03. The van der Waals surface area contributed by atoms with Gasteiger partial charge in [0.2, 0.25) is 0 Å². The van der Waals surface area contributed by atoms with Crippen LogP contribution in [-0.4, -0.2) is 20.9 Å². The fourth-order valence-corrected chi connectivity index (χ4v) is 1.69. The zero-order valence-corrected chi connectivity index (χ0v) is 6.82. The van der Waals surface area contributed by atoms with Crippen LogP contribution in [0.5, 0.6) is 0 Å². The summed E-state index contributed by atoms with van der Waals surface area (Å²) < 4.78 is 1.76. The first kappa shape index (κ1) is 7.34. The highest BCUT2D eigenvalue weighted by Crippen LogP contribution is 2.25. The topological polar surface area (TPSA) is 55.1 Å². The molecule has 1 aliphatic rings. The molecule has 12 heavy (non-hydrogen) atoms. The molecule has 0 aromatic carbocycles. The highest BCUT2D eigenvalue weighted by Gasteiger charge is 2.29. The zero-order chi connectivity index (χ0) is 8.72. The lowest BCUT2D eigenvalue weighted by Crippen LogP contribution is -2.14. The number of aromatic nitrogens is 2. The molecule has 0 saturated carbocycles. The summed E-state index contributed by atoms with van der Waals surface area (Å²) in [6.45, 7) is 0. The Labute approximate surface area is 69.8 Å². The molecule has 1 aromatic heterocycles. The zero-order valence-electron chi connectivity index (χ0n) is 6.82. The number of carbonyl (C=O) groups is 1. The molecule has 1 aliphatic carbocycles. The summed E-state index contributed by atoms with van der Waals surface area (Å²) in [5, 5.41) is 12.8. The summed E-state index contributed by atoms with van der Waals surface area (Å²) in [5.74, 6) is -0.935. The van der Waals surface area contributed by atoms with Crippen LogP contribution >= 0.6 is 0 Å². The van der Waals surface area contributed by atoms with Gasteiger partial charge in [-0.25, -0.2) is 0 Å². The van der Waals surface area contributed by atoms with Crippen LogP contribution in [0, 0.1) is 5.92 Å². The van der Waals surface area contributed by atoms with Crippen molar-refractivity contribution in [2.75, 3.05) is 0 Å². The van der Waals surface area contributed by atoms with Crippen molar-refractivity contribution in [3.05, 3.63) is 17.5 Å². The van der Waals surface area contributed by atoms with Crippen molar-refractivity contribution in [3.63, 3.8) is 0 Å². The van der Waals surface area contributed by atoms with Gasteiger partial charge in [0.1, 0.15) is 0 Å². The molecule has 1 heterocycles. The van der Waals surface area contributed by atoms with Crippen LogP contribution in [0.25, 0.3) is 0 Å². The average Bonchev–Trinajstić information content (AvgIpc) is 2.53. The standard InChI is InChI=1S/C8H10N2O2/c1-10-7-3-5(8(11)12)2-6(7)4-9-10/h4-5H,2-3H2,1H3,(H,11,12)/t5-/m1/s1. The van der Waals surface area contributed by atoms with E-state index >= 15 is 0 Å². The molecule has 0 saturated heterocycles. The predicted octanol–water partition coefficient (Wildman–Crippen LogP) is 0.219. The Kier molecular flexibility index (Phi) is 1.43. The lowest BCUT2D eigenvalue weighted by molar-refractivity contribution is -0.141. The van der Waals surface area contributed by atoms with E-state index in [9.17, 15) is 4.79 Å². The van der Waals surface area contributed by atoms with E-state index in [-0.39, 0.29) is 5.92 Å². The predicted molar refractivity (Wildman–Crippen MR) is 41.7 cm³/mol. The lowest BCUT2D eigenvalue weighted by atomic mass is 10.1. The van der Waals surface area contributed by atoms with Gasteiger partial charge in [-0.05, 0) is 12.0 Å². The number of fused-ring (bicyclic) bond motifs is 1. The maximum Gasteiger partial charge on any atom is 0.307 e. The van der Waals surface area contributed by atoms with Crippen molar-refractivity contribution in [2.45, 2.75) is 12.8 Å². The fraction of sp³-hybridized carbons (Fsp3) is 0.500. The fourth-order valence-electron chi connectivity index (χ4n) is 1.69. The van der Waals surface area contributed by atoms with E-state index in [1.54, 1.807) is 10.9 Å². The molecule has 0 aliphatic heterocycles. The van der Waals surface area contributed by atoms with Gasteiger partial charge in [0.05, 0.1) is 12.1 Å². The number of carboxylic acid groups (broad SMARTS) is 1. The van der Waals surface area contributed by atoms with E-state index in [4.69, 9.17) is 5.11 Å². The minimum atomic E-state index is -0.703. The normalized spacial score (nSPS) is 20.9. The molecule has 64 valence electrons. The smallest absolute Gasteiger partial charge is 0.307 e. The van der Waals surface area contributed by atoms with Gasteiger partial charge in [0.25, 0.3) is 0 Å². The van der Waals surface area contributed by atoms with Gasteiger partial charge in [-0.3, -0.25) is 9.48 Å². The highest BCUT2D eigenvalue weighted by atomic mass is 16.4. The number of rotatable bonds is 1. The molecular formula is C8H10N2O2. The maximum absolute atomic E-state index is 10.6. The lowest BCUT2D eigenvalue weighted by Gasteiger charge is -2.01. The molecule has 0 unspecified atom stereocenters. The van der Waals surface area contributed by atoms with Crippen LogP contribution in [-0.2, 0) is 24.7 Å². The van der Waals surface area contributed by atoms with Crippen LogP contribution < -0.4 is 0 Å². The van der Waals surface area contributed by atoms with Crippen molar-refractivity contribution in [1.29, 1.82) is 0 Å². The molecule has 1 N–H and O–H groups in total. The van der Waals surface area contributed by atoms with Crippen LogP contribution in [0.4, 0.5) is 0 Å². The number of hydrogen-bond acceptors (Lipinski definition) is 2. The summed E-state index contributed by atoms with van der Waals surface area (Å²) in [4.78, 5) is 10.6. The molecule has 1 aromatic rings. The molecule has 0 fully saturated rings. The Morgan fingerprint density at radius 2 is 2.50 bits per heavy atom. The van der Waals surface area contributed by atoms with E-state index in [0.29, 0.717) is 12.8 Å². The Hall–Kier alpha value is -1.32. The van der Waals surface area contributed by atoms with Gasteiger partial charge in [0.15, 0.2) is 0 Å². The van der Waals surface area contributed by atoms with E-state index in [0.717, 1.165) is 11.3 Å². The second kappa shape index (κ2) is 2.33. The minimum absolute atomic E-state index is 0.232. The van der Waals surface area contributed by atoms with Crippen LogP contribution in [0.3, 0.4) is 0 Å². The Balaban J connectivity index is 2.28. The summed E-state index contributed by atoms with van der Waals surface area (Å²) in [7, 11) is 1.85. The minimum Gasteiger partial charge on any atom is -0.481 e. The second-order valence-corrected chi connectivity index (χ2v) is 3.18. The quantitative estimate of drug-likeness (QED) is 0.649. The molecule has 1 atom stereocenters. The van der Waals surface area contributed by atoms with E-state index in [1.807, 2.05) is 7.05 Å². The molecule has 0 bridgehead atoms. The van der Waals surface area contributed by atoms with Crippen LogP contribution in [0.1, 0.15) is 11.3 Å². The van der Waals surface area contributed by atoms with Crippen LogP contribution in [0.2, 0.25) is 0 Å². The third kappa shape index (κ3) is 0.913. The number of aryl methyl sites for hydroxylation is 1. The van der Waals surface area contributed by atoms with Crippen molar-refractivity contribution in [2.24, 2.45) is 13.0 Å². The first-order valence-electron chi connectivity index (χ1n) is 3.91. The highest BCUT2D eigenvalue weighted by molar-refractivity contribution is 5.72. The molecule has 0 amide bonds. The van der Waals surface area contributed by atoms with E-state index in [1.165, 1.54) is 0 Å². The Morgan fingerprint density at radius 1 is 1.75 bits per heavy atom. The SMILES string of the molecule is Cn1ncc2c1C[C@H](C(=O)O)C2. The van der Waals surface area contributed by atoms with Gasteiger partial charge >= 0.3 is 5.97 Å². The second-order valence-electron chi connectivity index (χ2n) is 3.18. The number of nitrogens with zero attached hydrogens (tertiary/aromatic N) is 2. The van der Waals surface area contributed by atoms with Gasteiger partial charge in [-0.15, -0.1) is 0 Å². The first-order valence-corrected chi connectivity index (χ1v) is 3.91. The first-order chi connectivity index (χ1) is 5.68.